The molecule has 0 aromatic carbocycles. The van der Waals surface area contributed by atoms with E-state index in [4.69, 9.17) is 10.6 Å². The van der Waals surface area contributed by atoms with E-state index >= 15 is 0 Å². The monoisotopic (exact) mass is 504 g/mol. The van der Waals surface area contributed by atoms with Gasteiger partial charge in [-0.3, -0.25) is 16.1 Å². The van der Waals surface area contributed by atoms with E-state index in [2.05, 4.69) is 32.2 Å². The summed E-state index contributed by atoms with van der Waals surface area (Å²) in [7, 11) is 2.18. The molecule has 0 unspecified atom stereocenters. The molecule has 2 aliphatic heterocycles. The summed E-state index contributed by atoms with van der Waals surface area (Å²) >= 11 is 0. The largest absolute Gasteiger partial charge is 0.468 e. The third-order valence-corrected chi connectivity index (χ3v) is 7.76. The van der Waals surface area contributed by atoms with Gasteiger partial charge in [-0.05, 0) is 129 Å². The first-order chi connectivity index (χ1) is 17.4. The highest BCUT2D eigenvalue weighted by molar-refractivity contribution is 5.36. The summed E-state index contributed by atoms with van der Waals surface area (Å²) in [4.78, 5) is 23.7. The molecule has 3 heterocycles. The Labute approximate surface area is 219 Å². The van der Waals surface area contributed by atoms with Gasteiger partial charge in [0, 0.05) is 24.5 Å². The maximum absolute atomic E-state index is 10.1. The molecule has 1 aromatic rings. The van der Waals surface area contributed by atoms with Crippen molar-refractivity contribution in [3.8, 4) is 0 Å². The highest BCUT2D eigenvalue weighted by Crippen LogP contribution is 2.31. The topological polar surface area (TPSA) is 96.6 Å². The van der Waals surface area contributed by atoms with Crippen LogP contribution in [0, 0.1) is 12.8 Å². The zero-order valence-electron chi connectivity index (χ0n) is 23.3. The Kier molecular flexibility index (Phi) is 15.1. The van der Waals surface area contributed by atoms with Crippen LogP contribution < -0.4 is 11.3 Å². The number of hydrazine groups is 1. The summed E-state index contributed by atoms with van der Waals surface area (Å²) < 4.78 is 4.79. The van der Waals surface area contributed by atoms with Gasteiger partial charge in [-0.25, -0.2) is 9.97 Å². The number of hydrogen-bond donors (Lipinski definition) is 2. The van der Waals surface area contributed by atoms with E-state index in [1.165, 1.54) is 89.5 Å². The summed E-state index contributed by atoms with van der Waals surface area (Å²) in [5.74, 6) is 7.24. The highest BCUT2D eigenvalue weighted by atomic mass is 16.5. The Bertz CT molecular complexity index is 680. The van der Waals surface area contributed by atoms with E-state index in [-0.39, 0.29) is 0 Å². The van der Waals surface area contributed by atoms with Crippen LogP contribution in [0.4, 0.5) is 0 Å². The van der Waals surface area contributed by atoms with Gasteiger partial charge in [0.1, 0.15) is 5.82 Å². The molecule has 8 heteroatoms. The summed E-state index contributed by atoms with van der Waals surface area (Å²) in [5.41, 5.74) is 3.84. The van der Waals surface area contributed by atoms with Crippen molar-refractivity contribution in [1.82, 2.24) is 25.2 Å². The summed E-state index contributed by atoms with van der Waals surface area (Å²) in [6.45, 7) is 12.1. The average Bonchev–Trinajstić information content (AvgIpc) is 2.91. The Morgan fingerprint density at radius 2 is 1.61 bits per heavy atom. The fourth-order valence-electron chi connectivity index (χ4n) is 5.32. The lowest BCUT2D eigenvalue weighted by Crippen LogP contribution is -2.41. The molecule has 1 saturated carbocycles. The van der Waals surface area contributed by atoms with Crippen LogP contribution in [0.2, 0.25) is 0 Å². The molecular formula is C28H52N6O2. The molecule has 3 aliphatic rings. The first kappa shape index (κ1) is 30.6. The fourth-order valence-corrected chi connectivity index (χ4v) is 5.32. The van der Waals surface area contributed by atoms with Crippen LogP contribution >= 0.6 is 0 Å². The maximum Gasteiger partial charge on any atom is 0.293 e. The number of likely N-dealkylation sites (tertiary alicyclic amines) is 2. The van der Waals surface area contributed by atoms with Crippen molar-refractivity contribution in [3.05, 3.63) is 23.8 Å². The second kappa shape index (κ2) is 17.8. The van der Waals surface area contributed by atoms with Crippen LogP contribution in [0.1, 0.15) is 95.4 Å². The summed E-state index contributed by atoms with van der Waals surface area (Å²) in [6.07, 6.45) is 17.1. The molecule has 2 saturated heterocycles. The van der Waals surface area contributed by atoms with Gasteiger partial charge in [-0.15, -0.1) is 0 Å². The lowest BCUT2D eigenvalue weighted by Gasteiger charge is -2.38. The Morgan fingerprint density at radius 3 is 2.14 bits per heavy atom. The molecular weight excluding hydrogens is 452 g/mol. The van der Waals surface area contributed by atoms with E-state index in [1.807, 2.05) is 33.2 Å². The second-order valence-electron chi connectivity index (χ2n) is 11.0. The zero-order chi connectivity index (χ0) is 26.2. The third-order valence-electron chi connectivity index (χ3n) is 7.76. The Hall–Kier alpha value is -1.61. The quantitative estimate of drug-likeness (QED) is 0.248. The van der Waals surface area contributed by atoms with Gasteiger partial charge in [0.15, 0.2) is 0 Å². The molecule has 8 nitrogen and oxygen atoms in total. The number of aromatic nitrogens is 2. The average molecular weight is 505 g/mol. The van der Waals surface area contributed by atoms with Crippen molar-refractivity contribution >= 4 is 6.47 Å². The van der Waals surface area contributed by atoms with Gasteiger partial charge in [0.05, 0.1) is 6.61 Å². The molecule has 4 rings (SSSR count). The number of hydrogen-bond acceptors (Lipinski definition) is 8. The SMILES string of the molecule is CC(C)NN.Cc1ncc(C2CCN(C)CC2)cn1.O=COCCC1CCC(N2CCCCC2)CC1. The number of rotatable bonds is 7. The van der Waals surface area contributed by atoms with Crippen molar-refractivity contribution in [2.24, 2.45) is 11.8 Å². The predicted octanol–water partition coefficient (Wildman–Crippen LogP) is 4.05. The number of aryl methyl sites for hydroxylation is 1. The first-order valence-corrected chi connectivity index (χ1v) is 14.1. The van der Waals surface area contributed by atoms with Gasteiger partial charge < -0.3 is 14.5 Å². The number of piperidine rings is 2. The normalized spacial score (nSPS) is 23.7. The van der Waals surface area contributed by atoms with Crippen LogP contribution in [-0.4, -0.2) is 78.2 Å². The van der Waals surface area contributed by atoms with Gasteiger partial charge in [0.25, 0.3) is 6.47 Å². The number of ether oxygens (including phenoxy) is 1. The van der Waals surface area contributed by atoms with E-state index in [1.54, 1.807) is 0 Å². The lowest BCUT2D eigenvalue weighted by atomic mass is 9.83. The van der Waals surface area contributed by atoms with Gasteiger partial charge >= 0.3 is 0 Å². The molecule has 36 heavy (non-hydrogen) atoms. The fraction of sp³-hybridized carbons (Fsp3) is 0.821. The van der Waals surface area contributed by atoms with E-state index < -0.39 is 0 Å². The molecule has 1 aromatic heterocycles. The number of carbonyl (C=O) groups excluding carboxylic acids is 1. The van der Waals surface area contributed by atoms with E-state index in [0.29, 0.717) is 25.0 Å². The molecule has 0 radical (unpaired) electrons. The van der Waals surface area contributed by atoms with E-state index in [0.717, 1.165) is 24.2 Å². The minimum atomic E-state index is 0.412. The zero-order valence-corrected chi connectivity index (χ0v) is 23.3. The van der Waals surface area contributed by atoms with E-state index in [9.17, 15) is 4.79 Å². The van der Waals surface area contributed by atoms with Crippen LogP contribution in [0.5, 0.6) is 0 Å². The summed E-state index contributed by atoms with van der Waals surface area (Å²) in [6, 6.07) is 1.26. The van der Waals surface area contributed by atoms with Crippen molar-refractivity contribution < 1.29 is 9.53 Å². The number of nitrogens with one attached hydrogen (secondary N) is 1. The van der Waals surface area contributed by atoms with Crippen LogP contribution in [0.3, 0.4) is 0 Å². The standard InChI is InChI=1S/C14H25NO2.C11H17N3.C3H10N2/c16-12-17-11-8-13-4-6-14(7-5-13)15-9-2-1-3-10-15;1-9-12-7-11(8-13-9)10-3-5-14(2)6-4-10;1-3(2)5-4/h12-14H,1-11H2;7-8,10H,3-6H2,1-2H3;3,5H,4H2,1-2H3. The second-order valence-corrected chi connectivity index (χ2v) is 11.0. The molecule has 1 aliphatic carbocycles. The van der Waals surface area contributed by atoms with Crippen LogP contribution in [-0.2, 0) is 9.53 Å². The first-order valence-electron chi connectivity index (χ1n) is 14.1. The van der Waals surface area contributed by atoms with Crippen molar-refractivity contribution in [2.75, 3.05) is 39.8 Å². The number of nitrogens with zero attached hydrogens (tertiary/aromatic N) is 4. The van der Waals surface area contributed by atoms with Gasteiger partial charge in [-0.1, -0.05) is 6.42 Å². The van der Waals surface area contributed by atoms with Gasteiger partial charge in [0.2, 0.25) is 0 Å². The molecule has 0 bridgehead atoms. The Morgan fingerprint density at radius 1 is 1.03 bits per heavy atom. The van der Waals surface area contributed by atoms with Crippen molar-refractivity contribution in [3.63, 3.8) is 0 Å². The molecule has 0 amide bonds. The molecule has 3 fully saturated rings. The number of carbonyl (C=O) groups is 1. The Balaban J connectivity index is 0.000000217. The van der Waals surface area contributed by atoms with Crippen molar-refractivity contribution in [1.29, 1.82) is 0 Å². The minimum absolute atomic E-state index is 0.412. The highest BCUT2D eigenvalue weighted by Gasteiger charge is 2.26. The molecule has 0 atom stereocenters. The van der Waals surface area contributed by atoms with Crippen LogP contribution in [0.15, 0.2) is 12.4 Å². The number of nitrogens with two attached hydrogens (primary N) is 1. The van der Waals surface area contributed by atoms with Gasteiger partial charge in [-0.2, -0.15) is 0 Å². The molecule has 206 valence electrons. The molecule has 3 N–H and O–H groups in total. The lowest BCUT2D eigenvalue weighted by molar-refractivity contribution is -0.129. The maximum atomic E-state index is 10.1. The third kappa shape index (κ3) is 12.1. The predicted molar refractivity (Wildman–Crippen MR) is 147 cm³/mol. The minimum Gasteiger partial charge on any atom is -0.468 e. The van der Waals surface area contributed by atoms with Crippen LogP contribution in [0.25, 0.3) is 0 Å². The molecule has 0 spiro atoms. The summed E-state index contributed by atoms with van der Waals surface area (Å²) in [5, 5.41) is 0. The van der Waals surface area contributed by atoms with Crippen molar-refractivity contribution in [2.45, 2.75) is 103 Å². The smallest absolute Gasteiger partial charge is 0.293 e.